The Kier molecular flexibility index (Phi) is 7.81. The SMILES string of the molecule is COc1ccc2c(O[C@@H]3C[C@H]4C(=O)N[C@]5(C(=O)O)C[C@H]5CCCCCCN(C)C(=O)N4C3)nc(-c3ccccc3)nc2c1. The van der Waals surface area contributed by atoms with Crippen molar-refractivity contribution in [3.63, 3.8) is 0 Å². The first-order valence-corrected chi connectivity index (χ1v) is 14.9. The first-order chi connectivity index (χ1) is 20.8. The van der Waals surface area contributed by atoms with Crippen LogP contribution in [0.2, 0.25) is 0 Å². The molecule has 43 heavy (non-hydrogen) atoms. The molecule has 11 heteroatoms. The Morgan fingerprint density at radius 3 is 2.63 bits per heavy atom. The van der Waals surface area contributed by atoms with Crippen molar-refractivity contribution in [2.75, 3.05) is 27.2 Å². The lowest BCUT2D eigenvalue weighted by Gasteiger charge is -2.30. The zero-order chi connectivity index (χ0) is 30.1. The number of nitrogens with zero attached hydrogens (tertiary/aromatic N) is 4. The summed E-state index contributed by atoms with van der Waals surface area (Å²) in [5, 5.41) is 13.6. The average molecular weight is 588 g/mol. The predicted molar refractivity (Wildman–Crippen MR) is 159 cm³/mol. The Bertz CT molecular complexity index is 1530. The summed E-state index contributed by atoms with van der Waals surface area (Å²) in [6.07, 6.45) is 4.50. The largest absolute Gasteiger partial charge is 0.497 e. The number of hydrogen-bond donors (Lipinski definition) is 2. The highest BCUT2D eigenvalue weighted by Gasteiger charge is 2.62. The maximum Gasteiger partial charge on any atom is 0.329 e. The van der Waals surface area contributed by atoms with Crippen LogP contribution in [0, 0.1) is 5.92 Å². The van der Waals surface area contributed by atoms with Crippen LogP contribution in [0.5, 0.6) is 11.6 Å². The van der Waals surface area contributed by atoms with Gasteiger partial charge in [0.15, 0.2) is 5.82 Å². The van der Waals surface area contributed by atoms with Crippen molar-refractivity contribution < 1.29 is 29.0 Å². The third-order valence-corrected chi connectivity index (χ3v) is 8.95. The smallest absolute Gasteiger partial charge is 0.329 e. The summed E-state index contributed by atoms with van der Waals surface area (Å²) in [7, 11) is 3.33. The Morgan fingerprint density at radius 1 is 1.07 bits per heavy atom. The fraction of sp³-hybridized carbons (Fsp3) is 0.469. The van der Waals surface area contributed by atoms with Crippen molar-refractivity contribution in [1.82, 2.24) is 25.1 Å². The number of aromatic nitrogens is 2. The van der Waals surface area contributed by atoms with Gasteiger partial charge < -0.3 is 29.7 Å². The third-order valence-electron chi connectivity index (χ3n) is 8.95. The van der Waals surface area contributed by atoms with E-state index in [1.165, 1.54) is 4.90 Å². The Morgan fingerprint density at radius 2 is 1.86 bits per heavy atom. The van der Waals surface area contributed by atoms with Crippen LogP contribution in [-0.4, -0.2) is 87.7 Å². The minimum atomic E-state index is -1.27. The number of methoxy groups -OCH3 is 1. The second-order valence-corrected chi connectivity index (χ2v) is 11.8. The molecule has 2 saturated heterocycles. The molecule has 0 bridgehead atoms. The second kappa shape index (κ2) is 11.7. The number of carboxylic acids is 1. The van der Waals surface area contributed by atoms with Gasteiger partial charge in [-0.1, -0.05) is 49.6 Å². The number of ether oxygens (including phenoxy) is 2. The standard InChI is InChI=1S/C32H37N5O6/c1-36-15-9-4-3-8-12-21-18-32(21,30(39)40)35-28(38)26-17-23(19-37(26)31(36)41)43-29-24-14-13-22(42-2)16-25(24)33-27(34-29)20-10-6-5-7-11-20/h5-7,10-11,13-14,16,21,23,26H,3-4,8-9,12,15,17-19H2,1-2H3,(H,35,38)(H,39,40)/t21-,23-,26+,32-/m1/s1. The van der Waals surface area contributed by atoms with Crippen molar-refractivity contribution in [2.45, 2.75) is 62.6 Å². The maximum atomic E-state index is 13.7. The van der Waals surface area contributed by atoms with Crippen molar-refractivity contribution in [3.05, 3.63) is 48.5 Å². The van der Waals surface area contributed by atoms with Gasteiger partial charge in [-0.15, -0.1) is 0 Å². The summed E-state index contributed by atoms with van der Waals surface area (Å²) in [5.74, 6) is -0.119. The maximum absolute atomic E-state index is 13.7. The molecular weight excluding hydrogens is 550 g/mol. The van der Waals surface area contributed by atoms with E-state index < -0.39 is 29.6 Å². The number of benzene rings is 2. The van der Waals surface area contributed by atoms with E-state index in [9.17, 15) is 19.5 Å². The van der Waals surface area contributed by atoms with Crippen LogP contribution in [0.1, 0.15) is 44.9 Å². The molecule has 226 valence electrons. The van der Waals surface area contributed by atoms with Gasteiger partial charge in [0.1, 0.15) is 23.4 Å². The summed E-state index contributed by atoms with van der Waals surface area (Å²) >= 11 is 0. The summed E-state index contributed by atoms with van der Waals surface area (Å²) in [5.41, 5.74) is 0.180. The molecule has 3 fully saturated rings. The van der Waals surface area contributed by atoms with Crippen LogP contribution in [-0.2, 0) is 9.59 Å². The quantitative estimate of drug-likeness (QED) is 0.456. The fourth-order valence-corrected chi connectivity index (χ4v) is 6.37. The van der Waals surface area contributed by atoms with Crippen LogP contribution < -0.4 is 14.8 Å². The molecule has 0 radical (unpaired) electrons. The summed E-state index contributed by atoms with van der Waals surface area (Å²) in [4.78, 5) is 52.3. The van der Waals surface area contributed by atoms with Crippen LogP contribution >= 0.6 is 0 Å². The molecule has 3 aromatic rings. The molecule has 1 aromatic heterocycles. The molecular formula is C32H37N5O6. The first kappa shape index (κ1) is 28.7. The van der Waals surface area contributed by atoms with E-state index in [2.05, 4.69) is 5.32 Å². The minimum Gasteiger partial charge on any atom is -0.497 e. The number of rotatable bonds is 5. The Hall–Kier alpha value is -4.41. The van der Waals surface area contributed by atoms with E-state index in [1.807, 2.05) is 42.5 Å². The van der Waals surface area contributed by atoms with E-state index in [0.29, 0.717) is 41.3 Å². The first-order valence-electron chi connectivity index (χ1n) is 14.9. The molecule has 4 atom stereocenters. The van der Waals surface area contributed by atoms with Crippen molar-refractivity contribution in [1.29, 1.82) is 0 Å². The van der Waals surface area contributed by atoms with Crippen molar-refractivity contribution in [2.24, 2.45) is 5.92 Å². The van der Waals surface area contributed by atoms with Gasteiger partial charge in [-0.3, -0.25) is 4.79 Å². The predicted octanol–water partition coefficient (Wildman–Crippen LogP) is 4.10. The molecule has 0 unspecified atom stereocenters. The fourth-order valence-electron chi connectivity index (χ4n) is 6.37. The highest BCUT2D eigenvalue weighted by atomic mass is 16.5. The van der Waals surface area contributed by atoms with E-state index in [-0.39, 0.29) is 24.9 Å². The number of fused-ring (bicyclic) bond motifs is 3. The molecule has 2 N–H and O–H groups in total. The molecule has 6 rings (SSSR count). The van der Waals surface area contributed by atoms with Crippen molar-refractivity contribution in [3.8, 4) is 23.0 Å². The van der Waals surface area contributed by atoms with Gasteiger partial charge in [0, 0.05) is 31.6 Å². The zero-order valence-electron chi connectivity index (χ0n) is 24.5. The number of hydrogen-bond acceptors (Lipinski definition) is 7. The average Bonchev–Trinajstić information content (AvgIpc) is 3.55. The van der Waals surface area contributed by atoms with Crippen LogP contribution in [0.3, 0.4) is 0 Å². The molecule has 3 aliphatic rings. The molecule has 3 amide bonds. The number of carboxylic acid groups (broad SMARTS) is 1. The number of aliphatic carboxylic acids is 1. The monoisotopic (exact) mass is 587 g/mol. The molecule has 11 nitrogen and oxygen atoms in total. The number of carbonyl (C=O) groups excluding carboxylic acids is 2. The summed E-state index contributed by atoms with van der Waals surface area (Å²) in [6.45, 7) is 0.740. The molecule has 2 aromatic carbocycles. The Labute approximate surface area is 250 Å². The lowest BCUT2D eigenvalue weighted by molar-refractivity contribution is -0.144. The normalized spacial score (nSPS) is 26.2. The molecule has 1 saturated carbocycles. The molecule has 1 aliphatic carbocycles. The van der Waals surface area contributed by atoms with Crippen LogP contribution in [0.4, 0.5) is 4.79 Å². The lowest BCUT2D eigenvalue weighted by Crippen LogP contribution is -2.54. The number of amides is 3. The van der Waals surface area contributed by atoms with Gasteiger partial charge in [-0.05, 0) is 37.3 Å². The van der Waals surface area contributed by atoms with E-state index in [4.69, 9.17) is 19.4 Å². The van der Waals surface area contributed by atoms with Crippen LogP contribution in [0.25, 0.3) is 22.3 Å². The minimum absolute atomic E-state index is 0.0991. The number of nitrogens with one attached hydrogen (secondary N) is 1. The van der Waals surface area contributed by atoms with E-state index in [0.717, 1.165) is 37.7 Å². The number of urea groups is 1. The summed E-state index contributed by atoms with van der Waals surface area (Å²) < 4.78 is 11.9. The van der Waals surface area contributed by atoms with Crippen LogP contribution in [0.15, 0.2) is 48.5 Å². The van der Waals surface area contributed by atoms with Gasteiger partial charge in [0.2, 0.25) is 11.8 Å². The summed E-state index contributed by atoms with van der Waals surface area (Å²) in [6, 6.07) is 13.9. The highest BCUT2D eigenvalue weighted by molar-refractivity contribution is 5.94. The van der Waals surface area contributed by atoms with E-state index >= 15 is 0 Å². The molecule has 2 aliphatic heterocycles. The molecule has 0 spiro atoms. The second-order valence-electron chi connectivity index (χ2n) is 11.8. The zero-order valence-corrected chi connectivity index (χ0v) is 24.5. The third kappa shape index (κ3) is 5.68. The van der Waals surface area contributed by atoms with Crippen molar-refractivity contribution >= 4 is 28.8 Å². The van der Waals surface area contributed by atoms with E-state index in [1.54, 1.807) is 25.1 Å². The van der Waals surface area contributed by atoms with Gasteiger partial charge in [-0.2, -0.15) is 4.98 Å². The van der Waals surface area contributed by atoms with Gasteiger partial charge in [0.25, 0.3) is 0 Å². The molecule has 3 heterocycles. The van der Waals surface area contributed by atoms with Gasteiger partial charge >= 0.3 is 12.0 Å². The topological polar surface area (TPSA) is 134 Å². The van der Waals surface area contributed by atoms with Gasteiger partial charge in [-0.25, -0.2) is 14.6 Å². The Balaban J connectivity index is 1.32. The lowest BCUT2D eigenvalue weighted by atomic mass is 10.0. The highest BCUT2D eigenvalue weighted by Crippen LogP contribution is 2.47. The van der Waals surface area contributed by atoms with Gasteiger partial charge in [0.05, 0.1) is 24.6 Å². The number of carbonyl (C=O) groups is 3.